The third-order valence-corrected chi connectivity index (χ3v) is 4.68. The maximum atomic E-state index is 12.1. The Morgan fingerprint density at radius 1 is 1.05 bits per heavy atom. The van der Waals surface area contributed by atoms with Gasteiger partial charge in [0.05, 0.1) is 20.8 Å². The van der Waals surface area contributed by atoms with Crippen LogP contribution >= 0.6 is 50.7 Å². The fraction of sp³-hybridized carbons (Fsp3) is 0.0714. The Hall–Kier alpha value is -0.940. The van der Waals surface area contributed by atoms with Crippen molar-refractivity contribution in [3.63, 3.8) is 0 Å². The summed E-state index contributed by atoms with van der Waals surface area (Å²) in [6.07, 6.45) is 0. The van der Waals surface area contributed by atoms with Crippen LogP contribution in [0.15, 0.2) is 34.8 Å². The van der Waals surface area contributed by atoms with Gasteiger partial charge < -0.3 is 10.6 Å². The van der Waals surface area contributed by atoms with E-state index in [2.05, 4.69) is 26.6 Å². The molecular weight excluding hydrogens is 398 g/mol. The van der Waals surface area contributed by atoms with Gasteiger partial charge in [0.25, 0.3) is 5.91 Å². The summed E-state index contributed by atoms with van der Waals surface area (Å²) in [7, 11) is 0. The molecule has 0 saturated carbocycles. The minimum Gasteiger partial charge on any atom is -0.369 e. The molecule has 0 fully saturated rings. The lowest BCUT2D eigenvalue weighted by Crippen LogP contribution is -2.19. The van der Waals surface area contributed by atoms with E-state index in [1.54, 1.807) is 12.1 Å². The maximum Gasteiger partial charge on any atom is 0.251 e. The van der Waals surface area contributed by atoms with Gasteiger partial charge in [-0.05, 0) is 30.3 Å². The Morgan fingerprint density at radius 3 is 2.52 bits per heavy atom. The van der Waals surface area contributed by atoms with Crippen LogP contribution in [-0.2, 0) is 4.79 Å². The molecule has 0 radical (unpaired) electrons. The molecule has 1 aliphatic heterocycles. The van der Waals surface area contributed by atoms with E-state index < -0.39 is 6.04 Å². The first kappa shape index (κ1) is 15.0. The lowest BCUT2D eigenvalue weighted by Gasteiger charge is -2.15. The van der Waals surface area contributed by atoms with Crippen LogP contribution in [0.5, 0.6) is 0 Å². The minimum atomic E-state index is -0.535. The molecule has 1 atom stereocenters. The van der Waals surface area contributed by atoms with Gasteiger partial charge in [0.2, 0.25) is 0 Å². The average molecular weight is 406 g/mol. The van der Waals surface area contributed by atoms with Crippen molar-refractivity contribution in [3.8, 4) is 0 Å². The van der Waals surface area contributed by atoms with Gasteiger partial charge in [-0.25, -0.2) is 0 Å². The van der Waals surface area contributed by atoms with E-state index in [1.807, 2.05) is 18.2 Å². The van der Waals surface area contributed by atoms with E-state index in [4.69, 9.17) is 34.8 Å². The van der Waals surface area contributed by atoms with Crippen molar-refractivity contribution >= 4 is 68.0 Å². The number of hydrogen-bond donors (Lipinski definition) is 2. The molecule has 1 unspecified atom stereocenters. The highest BCUT2D eigenvalue weighted by molar-refractivity contribution is 9.10. The zero-order valence-corrected chi connectivity index (χ0v) is 14.2. The fourth-order valence-corrected chi connectivity index (χ4v) is 3.14. The summed E-state index contributed by atoms with van der Waals surface area (Å²) >= 11 is 21.4. The third-order valence-electron chi connectivity index (χ3n) is 3.15. The van der Waals surface area contributed by atoms with Crippen LogP contribution in [0.1, 0.15) is 11.6 Å². The molecule has 0 saturated heterocycles. The highest BCUT2D eigenvalue weighted by atomic mass is 79.9. The second kappa shape index (κ2) is 5.69. The minimum absolute atomic E-state index is 0.148. The van der Waals surface area contributed by atoms with Crippen LogP contribution in [0.4, 0.5) is 11.4 Å². The maximum absolute atomic E-state index is 12.1. The van der Waals surface area contributed by atoms with Crippen LogP contribution in [0.25, 0.3) is 0 Å². The molecule has 3 nitrogen and oxygen atoms in total. The number of anilines is 2. The van der Waals surface area contributed by atoms with E-state index in [9.17, 15) is 4.79 Å². The first-order chi connectivity index (χ1) is 9.95. The van der Waals surface area contributed by atoms with Crippen molar-refractivity contribution in [2.45, 2.75) is 6.04 Å². The van der Waals surface area contributed by atoms with Crippen LogP contribution in [0, 0.1) is 0 Å². The van der Waals surface area contributed by atoms with Crippen LogP contribution in [0.2, 0.25) is 15.1 Å². The Bertz CT molecular complexity index is 751. The second-order valence-electron chi connectivity index (χ2n) is 4.54. The summed E-state index contributed by atoms with van der Waals surface area (Å²) in [6, 6.07) is 8.21. The van der Waals surface area contributed by atoms with Gasteiger partial charge in [-0.2, -0.15) is 0 Å². The number of fused-ring (bicyclic) bond motifs is 1. The second-order valence-corrected chi connectivity index (χ2v) is 6.68. The molecule has 2 aromatic carbocycles. The summed E-state index contributed by atoms with van der Waals surface area (Å²) in [5, 5.41) is 7.06. The Labute approximate surface area is 144 Å². The highest BCUT2D eigenvalue weighted by Crippen LogP contribution is 2.38. The van der Waals surface area contributed by atoms with E-state index in [-0.39, 0.29) is 5.91 Å². The number of benzene rings is 2. The number of rotatable bonds is 2. The summed E-state index contributed by atoms with van der Waals surface area (Å²) in [5.41, 5.74) is 2.17. The zero-order chi connectivity index (χ0) is 15.1. The smallest absolute Gasteiger partial charge is 0.251 e. The van der Waals surface area contributed by atoms with Crippen LogP contribution in [0.3, 0.4) is 0 Å². The number of nitrogens with one attached hydrogen (secondary N) is 2. The first-order valence-electron chi connectivity index (χ1n) is 5.97. The Morgan fingerprint density at radius 2 is 1.76 bits per heavy atom. The molecule has 0 spiro atoms. The van der Waals surface area contributed by atoms with Gasteiger partial charge in [0.1, 0.15) is 6.04 Å². The van der Waals surface area contributed by atoms with Crippen molar-refractivity contribution < 1.29 is 4.79 Å². The molecule has 2 aromatic rings. The van der Waals surface area contributed by atoms with Crippen molar-refractivity contribution in [2.24, 2.45) is 0 Å². The molecule has 3 rings (SSSR count). The van der Waals surface area contributed by atoms with Crippen molar-refractivity contribution in [1.82, 2.24) is 0 Å². The van der Waals surface area contributed by atoms with E-state index in [1.165, 1.54) is 0 Å². The topological polar surface area (TPSA) is 41.1 Å². The van der Waals surface area contributed by atoms with Gasteiger partial charge >= 0.3 is 0 Å². The van der Waals surface area contributed by atoms with Crippen LogP contribution in [-0.4, -0.2) is 5.91 Å². The van der Waals surface area contributed by atoms with E-state index >= 15 is 0 Å². The number of hydrogen-bond acceptors (Lipinski definition) is 2. The average Bonchev–Trinajstić information content (AvgIpc) is 2.72. The molecule has 108 valence electrons. The first-order valence-corrected chi connectivity index (χ1v) is 7.90. The van der Waals surface area contributed by atoms with E-state index in [0.717, 1.165) is 15.7 Å². The molecule has 1 heterocycles. The summed E-state index contributed by atoms with van der Waals surface area (Å²) < 4.78 is 0.893. The standard InChI is InChI=1S/C14H8BrCl3N2O/c15-6-1-2-11-7(3-6)13(14(21)20-11)19-12-5-9(17)8(16)4-10(12)18/h1-5,13,19H,(H,20,21). The molecule has 0 aromatic heterocycles. The van der Waals surface area contributed by atoms with E-state index in [0.29, 0.717) is 20.8 Å². The predicted octanol–water partition coefficient (Wildman–Crippen LogP) is 5.51. The molecule has 2 N–H and O–H groups in total. The van der Waals surface area contributed by atoms with Gasteiger partial charge in [0.15, 0.2) is 0 Å². The summed E-state index contributed by atoms with van der Waals surface area (Å²) in [4.78, 5) is 12.1. The van der Waals surface area contributed by atoms with Gasteiger partial charge in [-0.1, -0.05) is 50.7 Å². The van der Waals surface area contributed by atoms with Crippen LogP contribution < -0.4 is 10.6 Å². The summed E-state index contributed by atoms with van der Waals surface area (Å²) in [6.45, 7) is 0. The van der Waals surface area contributed by atoms with Gasteiger partial charge in [0, 0.05) is 15.7 Å². The lowest BCUT2D eigenvalue weighted by molar-refractivity contribution is -0.116. The molecule has 1 amide bonds. The molecule has 1 aliphatic rings. The monoisotopic (exact) mass is 404 g/mol. The SMILES string of the molecule is O=C1Nc2ccc(Br)cc2C1Nc1cc(Cl)c(Cl)cc1Cl. The van der Waals surface area contributed by atoms with Gasteiger partial charge in [-0.15, -0.1) is 0 Å². The van der Waals surface area contributed by atoms with Gasteiger partial charge in [-0.3, -0.25) is 4.79 Å². The number of amides is 1. The lowest BCUT2D eigenvalue weighted by atomic mass is 10.1. The molecule has 0 bridgehead atoms. The highest BCUT2D eigenvalue weighted by Gasteiger charge is 2.31. The quantitative estimate of drug-likeness (QED) is 0.645. The molecule has 7 heteroatoms. The zero-order valence-electron chi connectivity index (χ0n) is 10.4. The normalized spacial score (nSPS) is 16.6. The number of carbonyl (C=O) groups is 1. The molecular formula is C14H8BrCl3N2O. The van der Waals surface area contributed by atoms with Crippen molar-refractivity contribution in [2.75, 3.05) is 10.6 Å². The Kier molecular flexibility index (Phi) is 4.06. The molecule has 0 aliphatic carbocycles. The largest absolute Gasteiger partial charge is 0.369 e. The number of carbonyl (C=O) groups excluding carboxylic acids is 1. The van der Waals surface area contributed by atoms with Crippen molar-refractivity contribution in [1.29, 1.82) is 0 Å². The fourth-order valence-electron chi connectivity index (χ4n) is 2.16. The summed E-state index contributed by atoms with van der Waals surface area (Å²) in [5.74, 6) is -0.148. The molecule has 21 heavy (non-hydrogen) atoms. The van der Waals surface area contributed by atoms with Crippen molar-refractivity contribution in [3.05, 3.63) is 55.4 Å². The Balaban J connectivity index is 1.98. The number of halogens is 4. The predicted molar refractivity (Wildman–Crippen MR) is 90.6 cm³/mol. The third kappa shape index (κ3) is 2.86.